The number of carbonyl (C=O) groups excluding carboxylic acids is 1. The predicted octanol–water partition coefficient (Wildman–Crippen LogP) is 2.64. The quantitative estimate of drug-likeness (QED) is 0.840. The maximum absolute atomic E-state index is 11.3. The van der Waals surface area contributed by atoms with Gasteiger partial charge in [-0.15, -0.1) is 0 Å². The molecule has 0 saturated carbocycles. The topological polar surface area (TPSA) is 46.3 Å². The first kappa shape index (κ1) is 12.3. The fourth-order valence-electron chi connectivity index (χ4n) is 1.65. The summed E-state index contributed by atoms with van der Waals surface area (Å²) in [5.41, 5.74) is 6.91. The number of amides is 1. The Morgan fingerprint density at radius 3 is 1.61 bits per heavy atom. The molecule has 2 N–H and O–H groups in total. The van der Waals surface area contributed by atoms with Crippen LogP contribution in [0.25, 0.3) is 0 Å². The molecule has 1 amide bonds. The van der Waals surface area contributed by atoms with E-state index in [1.54, 1.807) is 4.90 Å². The fraction of sp³-hybridized carbons (Fsp3) is 0. The summed E-state index contributed by atoms with van der Waals surface area (Å²) in [4.78, 5) is 13.1. The van der Waals surface area contributed by atoms with Gasteiger partial charge in [-0.05, 0) is 24.3 Å². The van der Waals surface area contributed by atoms with Crippen LogP contribution in [-0.4, -0.2) is 10.9 Å². The number of hydrogen-bond acceptors (Lipinski definition) is 2. The van der Waals surface area contributed by atoms with Crippen molar-refractivity contribution in [3.05, 3.63) is 60.7 Å². The Morgan fingerprint density at radius 2 is 1.28 bits per heavy atom. The first-order valence-corrected chi connectivity index (χ1v) is 5.85. The number of hydrogen-bond donors (Lipinski definition) is 1. The van der Waals surface area contributed by atoms with Gasteiger partial charge in [0.1, 0.15) is 0 Å². The molecule has 0 aliphatic rings. The summed E-state index contributed by atoms with van der Waals surface area (Å²) in [6, 6.07) is 18.8. The highest BCUT2D eigenvalue weighted by atomic mass is 32.1. The normalized spacial score (nSPS) is 9.78. The van der Waals surface area contributed by atoms with Gasteiger partial charge in [-0.3, -0.25) is 9.69 Å². The van der Waals surface area contributed by atoms with Crippen molar-refractivity contribution in [3.8, 4) is 0 Å². The Bertz CT molecular complexity index is 515. The monoisotopic (exact) mass is 256 g/mol. The second-order valence-corrected chi connectivity index (χ2v) is 4.06. The number of carbonyl (C=O) groups is 1. The summed E-state index contributed by atoms with van der Waals surface area (Å²) < 4.78 is 0. The molecular formula is C14H12N2OS. The second-order valence-electron chi connectivity index (χ2n) is 3.68. The third-order valence-corrected chi connectivity index (χ3v) is 2.83. The highest BCUT2D eigenvalue weighted by molar-refractivity contribution is 7.82. The fourth-order valence-corrected chi connectivity index (χ4v) is 1.86. The van der Waals surface area contributed by atoms with Crippen LogP contribution in [-0.2, 0) is 4.79 Å². The first-order valence-electron chi connectivity index (χ1n) is 5.44. The average Bonchev–Trinajstić information content (AvgIpc) is 2.41. The number of anilines is 2. The zero-order valence-corrected chi connectivity index (χ0v) is 10.4. The van der Waals surface area contributed by atoms with Gasteiger partial charge in [0, 0.05) is 11.4 Å². The van der Waals surface area contributed by atoms with Crippen molar-refractivity contribution >= 4 is 34.5 Å². The van der Waals surface area contributed by atoms with E-state index < -0.39 is 5.91 Å². The zero-order chi connectivity index (χ0) is 13.0. The Hall–Kier alpha value is -2.20. The molecule has 18 heavy (non-hydrogen) atoms. The standard InChI is InChI=1S/C14H12N2OS/c15-13(17)14(18)16(11-7-3-1-4-8-11)12-9-5-2-6-10-12/h1-10H,(H2,15,17). The lowest BCUT2D eigenvalue weighted by Gasteiger charge is -2.23. The molecule has 0 bridgehead atoms. The van der Waals surface area contributed by atoms with Crippen LogP contribution in [0.4, 0.5) is 11.4 Å². The van der Waals surface area contributed by atoms with Gasteiger partial charge in [-0.25, -0.2) is 0 Å². The SMILES string of the molecule is NC(=O)C(=S)N(c1ccccc1)c1ccccc1. The van der Waals surface area contributed by atoms with E-state index in [-0.39, 0.29) is 4.99 Å². The Balaban J connectivity index is 2.48. The minimum Gasteiger partial charge on any atom is -0.364 e. The van der Waals surface area contributed by atoms with Gasteiger partial charge < -0.3 is 5.73 Å². The second kappa shape index (κ2) is 5.42. The van der Waals surface area contributed by atoms with E-state index in [1.165, 1.54) is 0 Å². The molecule has 0 radical (unpaired) electrons. The van der Waals surface area contributed by atoms with Crippen LogP contribution in [0.1, 0.15) is 0 Å². The average molecular weight is 256 g/mol. The van der Waals surface area contributed by atoms with Crippen molar-refractivity contribution in [2.45, 2.75) is 0 Å². The Morgan fingerprint density at radius 1 is 0.889 bits per heavy atom. The summed E-state index contributed by atoms with van der Waals surface area (Å²) in [5.74, 6) is -0.613. The van der Waals surface area contributed by atoms with Crippen molar-refractivity contribution < 1.29 is 4.79 Å². The highest BCUT2D eigenvalue weighted by Gasteiger charge is 2.18. The third kappa shape index (κ3) is 2.55. The van der Waals surface area contributed by atoms with Crippen LogP contribution < -0.4 is 10.6 Å². The summed E-state index contributed by atoms with van der Waals surface area (Å²) in [7, 11) is 0. The molecule has 0 heterocycles. The number of nitrogens with zero attached hydrogens (tertiary/aromatic N) is 1. The van der Waals surface area contributed by atoms with E-state index in [0.717, 1.165) is 11.4 Å². The largest absolute Gasteiger partial charge is 0.364 e. The molecule has 0 spiro atoms. The summed E-state index contributed by atoms with van der Waals surface area (Å²) >= 11 is 5.11. The summed E-state index contributed by atoms with van der Waals surface area (Å²) in [6.45, 7) is 0. The van der Waals surface area contributed by atoms with Crippen molar-refractivity contribution in [1.82, 2.24) is 0 Å². The maximum Gasteiger partial charge on any atom is 0.277 e. The lowest BCUT2D eigenvalue weighted by molar-refractivity contribution is -0.111. The zero-order valence-electron chi connectivity index (χ0n) is 9.61. The van der Waals surface area contributed by atoms with Gasteiger partial charge in [0.05, 0.1) is 0 Å². The van der Waals surface area contributed by atoms with E-state index >= 15 is 0 Å². The molecule has 0 atom stereocenters. The van der Waals surface area contributed by atoms with Crippen LogP contribution in [0.2, 0.25) is 0 Å². The van der Waals surface area contributed by atoms with Gasteiger partial charge in [0.2, 0.25) is 0 Å². The molecule has 90 valence electrons. The van der Waals surface area contributed by atoms with Crippen LogP contribution >= 0.6 is 12.2 Å². The van der Waals surface area contributed by atoms with Crippen LogP contribution in [0, 0.1) is 0 Å². The van der Waals surface area contributed by atoms with Gasteiger partial charge in [0.15, 0.2) is 4.99 Å². The Labute approximate surface area is 111 Å². The number of benzene rings is 2. The van der Waals surface area contributed by atoms with Crippen LogP contribution in [0.3, 0.4) is 0 Å². The first-order chi connectivity index (χ1) is 8.70. The smallest absolute Gasteiger partial charge is 0.277 e. The lowest BCUT2D eigenvalue weighted by atomic mass is 10.2. The van der Waals surface area contributed by atoms with E-state index in [0.29, 0.717) is 0 Å². The molecule has 0 aromatic heterocycles. The molecule has 2 aromatic carbocycles. The number of primary amides is 1. The molecule has 3 nitrogen and oxygen atoms in total. The molecule has 0 fully saturated rings. The number of nitrogens with two attached hydrogens (primary N) is 1. The molecule has 0 saturated heterocycles. The van der Waals surface area contributed by atoms with E-state index in [2.05, 4.69) is 0 Å². The summed E-state index contributed by atoms with van der Waals surface area (Å²) in [5, 5.41) is 0. The molecule has 0 aliphatic carbocycles. The number of rotatable bonds is 2. The van der Waals surface area contributed by atoms with E-state index in [4.69, 9.17) is 18.0 Å². The number of para-hydroxylation sites is 2. The number of thiocarbonyl (C=S) groups is 1. The van der Waals surface area contributed by atoms with E-state index in [9.17, 15) is 4.79 Å². The molecule has 0 aliphatic heterocycles. The van der Waals surface area contributed by atoms with Crippen molar-refractivity contribution in [2.24, 2.45) is 5.73 Å². The molecular weight excluding hydrogens is 244 g/mol. The highest BCUT2D eigenvalue weighted by Crippen LogP contribution is 2.25. The van der Waals surface area contributed by atoms with Crippen LogP contribution in [0.15, 0.2) is 60.7 Å². The van der Waals surface area contributed by atoms with E-state index in [1.807, 2.05) is 60.7 Å². The molecule has 2 aromatic rings. The van der Waals surface area contributed by atoms with Gasteiger partial charge in [-0.1, -0.05) is 48.6 Å². The van der Waals surface area contributed by atoms with Crippen molar-refractivity contribution in [3.63, 3.8) is 0 Å². The minimum absolute atomic E-state index is 0.0763. The third-order valence-electron chi connectivity index (χ3n) is 2.44. The molecule has 2 rings (SSSR count). The van der Waals surface area contributed by atoms with Gasteiger partial charge in [-0.2, -0.15) is 0 Å². The van der Waals surface area contributed by atoms with Crippen molar-refractivity contribution in [2.75, 3.05) is 4.90 Å². The van der Waals surface area contributed by atoms with Crippen molar-refractivity contribution in [1.29, 1.82) is 0 Å². The summed E-state index contributed by atoms with van der Waals surface area (Å²) in [6.07, 6.45) is 0. The van der Waals surface area contributed by atoms with Crippen LogP contribution in [0.5, 0.6) is 0 Å². The predicted molar refractivity (Wildman–Crippen MR) is 76.8 cm³/mol. The molecule has 4 heteroatoms. The maximum atomic E-state index is 11.3. The minimum atomic E-state index is -0.613. The van der Waals surface area contributed by atoms with Gasteiger partial charge in [0.25, 0.3) is 5.91 Å². The lowest BCUT2D eigenvalue weighted by Crippen LogP contribution is -2.35. The van der Waals surface area contributed by atoms with Gasteiger partial charge >= 0.3 is 0 Å². The molecule has 0 unspecified atom stereocenters. The Kier molecular flexibility index (Phi) is 3.69.